The lowest BCUT2D eigenvalue weighted by Crippen LogP contribution is -1.95. The molecule has 0 saturated carbocycles. The first-order valence-electron chi connectivity index (χ1n) is 6.98. The minimum Gasteiger partial charge on any atom is -0.305 e. The average Bonchev–Trinajstić information content (AvgIpc) is 2.88. The van der Waals surface area contributed by atoms with E-state index in [0.29, 0.717) is 0 Å². The van der Waals surface area contributed by atoms with Gasteiger partial charge in [-0.25, -0.2) is 0 Å². The molecule has 0 N–H and O–H groups in total. The van der Waals surface area contributed by atoms with Gasteiger partial charge in [0, 0.05) is 22.8 Å². The van der Waals surface area contributed by atoms with E-state index < -0.39 is 0 Å². The molecule has 0 aliphatic heterocycles. The van der Waals surface area contributed by atoms with E-state index in [-0.39, 0.29) is 0 Å². The molecule has 0 fully saturated rings. The highest BCUT2D eigenvalue weighted by atomic mass is 79.9. The molecule has 0 bridgehead atoms. The van der Waals surface area contributed by atoms with E-state index in [1.165, 1.54) is 11.1 Å². The summed E-state index contributed by atoms with van der Waals surface area (Å²) in [6.45, 7) is 2.08. The van der Waals surface area contributed by atoms with E-state index in [2.05, 4.69) is 75.5 Å². The predicted molar refractivity (Wildman–Crippen MR) is 94.9 cm³/mol. The molecule has 5 heteroatoms. The van der Waals surface area contributed by atoms with Crippen molar-refractivity contribution in [2.45, 2.75) is 17.8 Å². The summed E-state index contributed by atoms with van der Waals surface area (Å²) >= 11 is 5.27. The van der Waals surface area contributed by atoms with Gasteiger partial charge in [0.05, 0.1) is 0 Å². The van der Waals surface area contributed by atoms with Crippen molar-refractivity contribution in [3.63, 3.8) is 0 Å². The zero-order valence-corrected chi connectivity index (χ0v) is 14.9. The molecule has 0 spiro atoms. The summed E-state index contributed by atoms with van der Waals surface area (Å²) in [4.78, 5) is 0. The highest BCUT2D eigenvalue weighted by Crippen LogP contribution is 2.28. The van der Waals surface area contributed by atoms with E-state index in [1.807, 2.05) is 17.7 Å². The molecule has 0 atom stereocenters. The molecule has 112 valence electrons. The maximum atomic E-state index is 4.33. The van der Waals surface area contributed by atoms with Gasteiger partial charge in [0.1, 0.15) is 0 Å². The van der Waals surface area contributed by atoms with Gasteiger partial charge < -0.3 is 4.57 Å². The third-order valence-corrected chi connectivity index (χ3v) is 5.30. The molecule has 1 heterocycles. The first-order chi connectivity index (χ1) is 10.6. The topological polar surface area (TPSA) is 30.7 Å². The maximum absolute atomic E-state index is 4.33. The number of benzene rings is 2. The SMILES string of the molecule is Cc1ccc(-c2nnc(SCc3ccccc3Br)n2C)cc1. The van der Waals surface area contributed by atoms with Crippen molar-refractivity contribution in [1.29, 1.82) is 0 Å². The number of thioether (sulfide) groups is 1. The van der Waals surface area contributed by atoms with Crippen LogP contribution < -0.4 is 0 Å². The van der Waals surface area contributed by atoms with Crippen LogP contribution in [0.5, 0.6) is 0 Å². The lowest BCUT2D eigenvalue weighted by molar-refractivity contribution is 0.793. The molecule has 0 aliphatic carbocycles. The Kier molecular flexibility index (Phi) is 4.64. The third kappa shape index (κ3) is 3.25. The van der Waals surface area contributed by atoms with Crippen molar-refractivity contribution in [3.8, 4) is 11.4 Å². The zero-order valence-electron chi connectivity index (χ0n) is 12.5. The van der Waals surface area contributed by atoms with E-state index in [0.717, 1.165) is 26.8 Å². The zero-order chi connectivity index (χ0) is 15.5. The van der Waals surface area contributed by atoms with Gasteiger partial charge in [-0.2, -0.15) is 0 Å². The largest absolute Gasteiger partial charge is 0.305 e. The molecular formula is C17H16BrN3S. The second-order valence-corrected chi connectivity index (χ2v) is 6.91. The van der Waals surface area contributed by atoms with Crippen molar-refractivity contribution in [1.82, 2.24) is 14.8 Å². The molecule has 0 aliphatic rings. The third-order valence-electron chi connectivity index (χ3n) is 3.46. The molecule has 3 rings (SSSR count). The Labute approximate surface area is 142 Å². The van der Waals surface area contributed by atoms with Crippen LogP contribution in [0.15, 0.2) is 58.2 Å². The van der Waals surface area contributed by atoms with Gasteiger partial charge in [-0.1, -0.05) is 75.7 Å². The molecule has 3 aromatic rings. The fourth-order valence-corrected chi connectivity index (χ4v) is 3.68. The molecule has 22 heavy (non-hydrogen) atoms. The second kappa shape index (κ2) is 6.67. The van der Waals surface area contributed by atoms with Crippen LogP contribution in [0.1, 0.15) is 11.1 Å². The number of aryl methyl sites for hydroxylation is 1. The van der Waals surface area contributed by atoms with Crippen LogP contribution in [0, 0.1) is 6.92 Å². The molecular weight excluding hydrogens is 358 g/mol. The van der Waals surface area contributed by atoms with Crippen LogP contribution in [-0.2, 0) is 12.8 Å². The van der Waals surface area contributed by atoms with Crippen LogP contribution in [-0.4, -0.2) is 14.8 Å². The standard InChI is InChI=1S/C17H16BrN3S/c1-12-7-9-13(10-8-12)16-19-20-17(21(16)2)22-11-14-5-3-4-6-15(14)18/h3-10H,11H2,1-2H3. The highest BCUT2D eigenvalue weighted by molar-refractivity contribution is 9.10. The highest BCUT2D eigenvalue weighted by Gasteiger charge is 2.11. The molecule has 0 saturated heterocycles. The Hall–Kier alpha value is -1.59. The van der Waals surface area contributed by atoms with Crippen LogP contribution in [0.4, 0.5) is 0 Å². The van der Waals surface area contributed by atoms with Crippen LogP contribution >= 0.6 is 27.7 Å². The molecule has 0 radical (unpaired) electrons. The number of halogens is 1. The summed E-state index contributed by atoms with van der Waals surface area (Å²) in [5, 5.41) is 9.57. The van der Waals surface area contributed by atoms with Gasteiger partial charge in [-0.15, -0.1) is 10.2 Å². The van der Waals surface area contributed by atoms with Crippen molar-refractivity contribution in [2.24, 2.45) is 7.05 Å². The van der Waals surface area contributed by atoms with E-state index in [1.54, 1.807) is 11.8 Å². The fraction of sp³-hybridized carbons (Fsp3) is 0.176. The Balaban J connectivity index is 1.79. The molecule has 3 nitrogen and oxygen atoms in total. The Morgan fingerprint density at radius 3 is 2.50 bits per heavy atom. The summed E-state index contributed by atoms with van der Waals surface area (Å²) in [6, 6.07) is 16.6. The molecule has 0 unspecified atom stereocenters. The van der Waals surface area contributed by atoms with Gasteiger partial charge in [-0.05, 0) is 18.6 Å². The van der Waals surface area contributed by atoms with Crippen molar-refractivity contribution >= 4 is 27.7 Å². The molecule has 2 aromatic carbocycles. The first-order valence-corrected chi connectivity index (χ1v) is 8.75. The van der Waals surface area contributed by atoms with Crippen LogP contribution in [0.25, 0.3) is 11.4 Å². The second-order valence-electron chi connectivity index (χ2n) is 5.11. The summed E-state index contributed by atoms with van der Waals surface area (Å²) in [7, 11) is 2.01. The van der Waals surface area contributed by atoms with Gasteiger partial charge in [0.15, 0.2) is 11.0 Å². The summed E-state index contributed by atoms with van der Waals surface area (Å²) in [5.41, 5.74) is 3.59. The number of hydrogen-bond acceptors (Lipinski definition) is 3. The van der Waals surface area contributed by atoms with Crippen molar-refractivity contribution in [2.75, 3.05) is 0 Å². The Bertz CT molecular complexity index is 781. The van der Waals surface area contributed by atoms with Crippen molar-refractivity contribution < 1.29 is 0 Å². The number of rotatable bonds is 4. The summed E-state index contributed by atoms with van der Waals surface area (Å²) in [5.74, 6) is 1.76. The lowest BCUT2D eigenvalue weighted by atomic mass is 10.1. The summed E-state index contributed by atoms with van der Waals surface area (Å²) < 4.78 is 3.18. The smallest absolute Gasteiger partial charge is 0.191 e. The van der Waals surface area contributed by atoms with Crippen LogP contribution in [0.3, 0.4) is 0 Å². The molecule has 0 amide bonds. The minimum absolute atomic E-state index is 0.862. The van der Waals surface area contributed by atoms with Gasteiger partial charge in [0.2, 0.25) is 0 Å². The number of hydrogen-bond donors (Lipinski definition) is 0. The first kappa shape index (κ1) is 15.3. The quantitative estimate of drug-likeness (QED) is 0.612. The van der Waals surface area contributed by atoms with E-state index in [4.69, 9.17) is 0 Å². The fourth-order valence-electron chi connectivity index (χ4n) is 2.15. The van der Waals surface area contributed by atoms with Gasteiger partial charge >= 0.3 is 0 Å². The van der Waals surface area contributed by atoms with Gasteiger partial charge in [-0.3, -0.25) is 0 Å². The Morgan fingerprint density at radius 1 is 1.05 bits per heavy atom. The van der Waals surface area contributed by atoms with Crippen LogP contribution in [0.2, 0.25) is 0 Å². The summed E-state index contributed by atoms with van der Waals surface area (Å²) in [6.07, 6.45) is 0. The lowest BCUT2D eigenvalue weighted by Gasteiger charge is -2.05. The monoisotopic (exact) mass is 373 g/mol. The number of aromatic nitrogens is 3. The van der Waals surface area contributed by atoms with Crippen molar-refractivity contribution in [3.05, 3.63) is 64.1 Å². The van der Waals surface area contributed by atoms with E-state index >= 15 is 0 Å². The molecule has 1 aromatic heterocycles. The normalized spacial score (nSPS) is 10.9. The average molecular weight is 374 g/mol. The number of nitrogens with zero attached hydrogens (tertiary/aromatic N) is 3. The maximum Gasteiger partial charge on any atom is 0.191 e. The Morgan fingerprint density at radius 2 is 1.77 bits per heavy atom. The van der Waals surface area contributed by atoms with E-state index in [9.17, 15) is 0 Å². The minimum atomic E-state index is 0.862. The predicted octanol–water partition coefficient (Wildman–Crippen LogP) is 4.85. The van der Waals surface area contributed by atoms with Gasteiger partial charge in [0.25, 0.3) is 0 Å².